The Morgan fingerprint density at radius 3 is 2.59 bits per heavy atom. The molecule has 1 saturated heterocycles. The predicted octanol–water partition coefficient (Wildman–Crippen LogP) is 3.73. The molecule has 1 aliphatic heterocycles. The van der Waals surface area contributed by atoms with Gasteiger partial charge in [0.05, 0.1) is 6.10 Å². The predicted molar refractivity (Wildman–Crippen MR) is 69.0 cm³/mol. The molecule has 0 aromatic carbocycles. The second-order valence-electron chi connectivity index (χ2n) is 5.95. The fourth-order valence-corrected chi connectivity index (χ4v) is 3.16. The zero-order valence-electron chi connectivity index (χ0n) is 11.1. The van der Waals surface area contributed by atoms with Crippen LogP contribution in [0.4, 0.5) is 0 Å². The summed E-state index contributed by atoms with van der Waals surface area (Å²) >= 11 is 0. The Labute approximate surface area is 105 Å². The Morgan fingerprint density at radius 2 is 1.94 bits per heavy atom. The number of carbonyl (C=O) groups is 1. The van der Waals surface area contributed by atoms with E-state index >= 15 is 0 Å². The lowest BCUT2D eigenvalue weighted by Gasteiger charge is -2.25. The van der Waals surface area contributed by atoms with Gasteiger partial charge in [0, 0.05) is 18.9 Å². The molecule has 1 aliphatic carbocycles. The summed E-state index contributed by atoms with van der Waals surface area (Å²) in [6, 6.07) is 0. The Morgan fingerprint density at radius 1 is 1.18 bits per heavy atom. The monoisotopic (exact) mass is 238 g/mol. The summed E-state index contributed by atoms with van der Waals surface area (Å²) in [6.07, 6.45) is 10.6. The van der Waals surface area contributed by atoms with Crippen LogP contribution in [-0.4, -0.2) is 18.5 Å². The summed E-state index contributed by atoms with van der Waals surface area (Å²) in [5, 5.41) is 0. The molecule has 1 heterocycles. The van der Waals surface area contributed by atoms with Gasteiger partial charge in [-0.05, 0) is 44.4 Å². The molecule has 0 bridgehead atoms. The third kappa shape index (κ3) is 4.09. The molecule has 98 valence electrons. The van der Waals surface area contributed by atoms with E-state index in [1.807, 2.05) is 0 Å². The highest BCUT2D eigenvalue weighted by Crippen LogP contribution is 2.30. The van der Waals surface area contributed by atoms with Gasteiger partial charge in [0.15, 0.2) is 0 Å². The minimum Gasteiger partial charge on any atom is -0.378 e. The van der Waals surface area contributed by atoms with Crippen molar-refractivity contribution in [2.75, 3.05) is 6.61 Å². The molecule has 0 N–H and O–H groups in total. The quantitative estimate of drug-likeness (QED) is 0.729. The number of ketones is 1. The van der Waals surface area contributed by atoms with Crippen LogP contribution in [-0.2, 0) is 9.53 Å². The average Bonchev–Trinajstić information content (AvgIpc) is 2.83. The third-order valence-electron chi connectivity index (χ3n) is 4.44. The van der Waals surface area contributed by atoms with Gasteiger partial charge in [-0.1, -0.05) is 19.8 Å². The van der Waals surface area contributed by atoms with Crippen molar-refractivity contribution in [2.24, 2.45) is 11.8 Å². The van der Waals surface area contributed by atoms with E-state index in [1.165, 1.54) is 25.7 Å². The Kier molecular flexibility index (Phi) is 5.02. The van der Waals surface area contributed by atoms with Crippen molar-refractivity contribution < 1.29 is 9.53 Å². The van der Waals surface area contributed by atoms with Crippen LogP contribution in [0.1, 0.15) is 64.7 Å². The van der Waals surface area contributed by atoms with Gasteiger partial charge in [0.1, 0.15) is 5.78 Å². The highest BCUT2D eigenvalue weighted by Gasteiger charge is 2.24. The highest BCUT2D eigenvalue weighted by molar-refractivity contribution is 5.81. The Balaban J connectivity index is 1.60. The number of rotatable bonds is 5. The van der Waals surface area contributed by atoms with E-state index in [1.54, 1.807) is 0 Å². The molecule has 0 spiro atoms. The van der Waals surface area contributed by atoms with Gasteiger partial charge in [0.2, 0.25) is 0 Å². The van der Waals surface area contributed by atoms with E-state index in [0.29, 0.717) is 17.8 Å². The molecule has 1 saturated carbocycles. The summed E-state index contributed by atoms with van der Waals surface area (Å²) < 4.78 is 5.58. The molecule has 0 aromatic rings. The maximum Gasteiger partial charge on any atom is 0.135 e. The summed E-state index contributed by atoms with van der Waals surface area (Å²) in [4.78, 5) is 12.0. The maximum atomic E-state index is 12.0. The van der Waals surface area contributed by atoms with E-state index in [4.69, 9.17) is 4.74 Å². The van der Waals surface area contributed by atoms with Gasteiger partial charge in [-0.25, -0.2) is 0 Å². The van der Waals surface area contributed by atoms with Crippen molar-refractivity contribution >= 4 is 5.78 Å². The molecule has 1 atom stereocenters. The number of hydrogen-bond donors (Lipinski definition) is 0. The van der Waals surface area contributed by atoms with Crippen LogP contribution in [0, 0.1) is 11.8 Å². The summed E-state index contributed by atoms with van der Waals surface area (Å²) in [5.74, 6) is 1.75. The van der Waals surface area contributed by atoms with Crippen molar-refractivity contribution in [3.8, 4) is 0 Å². The number of carbonyl (C=O) groups excluding carboxylic acids is 1. The standard InChI is InChI=1S/C15H26O2/c1-12-7-9-13(10-8-12)15(16)6-2-4-14-5-3-11-17-14/h12-14H,2-11H2,1H3. The van der Waals surface area contributed by atoms with Crippen LogP contribution in [0.25, 0.3) is 0 Å². The molecule has 0 amide bonds. The fourth-order valence-electron chi connectivity index (χ4n) is 3.16. The first-order chi connectivity index (χ1) is 8.25. The van der Waals surface area contributed by atoms with E-state index in [0.717, 1.165) is 44.6 Å². The van der Waals surface area contributed by atoms with Crippen LogP contribution in [0.15, 0.2) is 0 Å². The van der Waals surface area contributed by atoms with Crippen molar-refractivity contribution in [3.05, 3.63) is 0 Å². The van der Waals surface area contributed by atoms with Gasteiger partial charge in [-0.15, -0.1) is 0 Å². The van der Waals surface area contributed by atoms with Crippen molar-refractivity contribution in [1.82, 2.24) is 0 Å². The molecular formula is C15H26O2. The molecular weight excluding hydrogens is 212 g/mol. The van der Waals surface area contributed by atoms with Gasteiger partial charge < -0.3 is 4.74 Å². The first-order valence-electron chi connectivity index (χ1n) is 7.40. The molecule has 2 fully saturated rings. The van der Waals surface area contributed by atoms with Crippen molar-refractivity contribution in [1.29, 1.82) is 0 Å². The maximum absolute atomic E-state index is 12.0. The molecule has 2 aliphatic rings. The average molecular weight is 238 g/mol. The van der Waals surface area contributed by atoms with Crippen LogP contribution in [0.3, 0.4) is 0 Å². The number of Topliss-reactive ketones (excluding diaryl/α,β-unsaturated/α-hetero) is 1. The third-order valence-corrected chi connectivity index (χ3v) is 4.44. The smallest absolute Gasteiger partial charge is 0.135 e. The molecule has 0 aromatic heterocycles. The largest absolute Gasteiger partial charge is 0.378 e. The normalized spacial score (nSPS) is 33.8. The minimum atomic E-state index is 0.385. The minimum absolute atomic E-state index is 0.385. The van der Waals surface area contributed by atoms with Gasteiger partial charge in [-0.2, -0.15) is 0 Å². The number of ether oxygens (including phenoxy) is 1. The van der Waals surface area contributed by atoms with Gasteiger partial charge in [0.25, 0.3) is 0 Å². The van der Waals surface area contributed by atoms with Gasteiger partial charge >= 0.3 is 0 Å². The summed E-state index contributed by atoms with van der Waals surface area (Å²) in [5.41, 5.74) is 0. The lowest BCUT2D eigenvalue weighted by Crippen LogP contribution is -2.21. The van der Waals surface area contributed by atoms with Crippen molar-refractivity contribution in [3.63, 3.8) is 0 Å². The highest BCUT2D eigenvalue weighted by atomic mass is 16.5. The first-order valence-corrected chi connectivity index (χ1v) is 7.40. The first kappa shape index (κ1) is 13.1. The lowest BCUT2D eigenvalue weighted by atomic mass is 9.80. The van der Waals surface area contributed by atoms with Crippen LogP contribution < -0.4 is 0 Å². The van der Waals surface area contributed by atoms with Gasteiger partial charge in [-0.3, -0.25) is 4.79 Å². The van der Waals surface area contributed by atoms with Crippen molar-refractivity contribution in [2.45, 2.75) is 70.8 Å². The fraction of sp³-hybridized carbons (Fsp3) is 0.933. The van der Waals surface area contributed by atoms with E-state index in [2.05, 4.69) is 6.92 Å². The van der Waals surface area contributed by atoms with E-state index < -0.39 is 0 Å². The SMILES string of the molecule is CC1CCC(C(=O)CCCC2CCCO2)CC1. The molecule has 17 heavy (non-hydrogen) atoms. The summed E-state index contributed by atoms with van der Waals surface area (Å²) in [7, 11) is 0. The van der Waals surface area contributed by atoms with Crippen LogP contribution in [0.2, 0.25) is 0 Å². The molecule has 2 rings (SSSR count). The van der Waals surface area contributed by atoms with E-state index in [9.17, 15) is 4.79 Å². The lowest BCUT2D eigenvalue weighted by molar-refractivity contribution is -0.124. The van der Waals surface area contributed by atoms with Crippen LogP contribution in [0.5, 0.6) is 0 Å². The van der Waals surface area contributed by atoms with Crippen LogP contribution >= 0.6 is 0 Å². The topological polar surface area (TPSA) is 26.3 Å². The molecule has 1 unspecified atom stereocenters. The zero-order chi connectivity index (χ0) is 12.1. The summed E-state index contributed by atoms with van der Waals surface area (Å²) in [6.45, 7) is 3.23. The Bertz CT molecular complexity index is 235. The second kappa shape index (κ2) is 6.53. The number of hydrogen-bond acceptors (Lipinski definition) is 2. The molecule has 2 nitrogen and oxygen atoms in total. The molecule has 0 radical (unpaired) electrons. The molecule has 2 heteroatoms. The van der Waals surface area contributed by atoms with E-state index in [-0.39, 0.29) is 0 Å². The second-order valence-corrected chi connectivity index (χ2v) is 5.95. The zero-order valence-corrected chi connectivity index (χ0v) is 11.1. The Hall–Kier alpha value is -0.370.